The second-order valence-corrected chi connectivity index (χ2v) is 8.94. The third-order valence-corrected chi connectivity index (χ3v) is 7.57. The Bertz CT molecular complexity index is 883. The Hall–Kier alpha value is -1.70. The molecule has 0 unspecified atom stereocenters. The van der Waals surface area contributed by atoms with E-state index in [-0.39, 0.29) is 10.8 Å². The Morgan fingerprint density at radius 3 is 2.62 bits per heavy atom. The van der Waals surface area contributed by atoms with Gasteiger partial charge >= 0.3 is 0 Å². The van der Waals surface area contributed by atoms with Crippen LogP contribution in [0.15, 0.2) is 40.6 Å². The van der Waals surface area contributed by atoms with Gasteiger partial charge in [-0.2, -0.15) is 4.31 Å². The molecule has 24 heavy (non-hydrogen) atoms. The maximum absolute atomic E-state index is 12.8. The van der Waals surface area contributed by atoms with Crippen molar-refractivity contribution in [3.05, 3.63) is 46.2 Å². The minimum Gasteiger partial charge on any atom is -0.307 e. The summed E-state index contributed by atoms with van der Waals surface area (Å²) in [6.45, 7) is 1.78. The lowest BCUT2D eigenvalue weighted by atomic mass is 10.2. The summed E-state index contributed by atoms with van der Waals surface area (Å²) in [7, 11) is -3.46. The summed E-state index contributed by atoms with van der Waals surface area (Å²) in [6, 6.07) is 9.39. The predicted octanol–water partition coefficient (Wildman–Crippen LogP) is 2.74. The van der Waals surface area contributed by atoms with Crippen LogP contribution in [0.5, 0.6) is 0 Å². The minimum absolute atomic E-state index is 0.118. The number of thiophene rings is 1. The van der Waals surface area contributed by atoms with Crippen molar-refractivity contribution in [2.45, 2.75) is 24.2 Å². The van der Waals surface area contributed by atoms with Crippen molar-refractivity contribution in [2.75, 3.05) is 24.5 Å². The first-order valence-corrected chi connectivity index (χ1v) is 10.4. The quantitative estimate of drug-likeness (QED) is 0.844. The summed E-state index contributed by atoms with van der Waals surface area (Å²) in [6.07, 6.45) is 2.64. The molecule has 1 saturated heterocycles. The third-order valence-electron chi connectivity index (χ3n) is 4.62. The topological polar surface area (TPSA) is 57.7 Å². The highest BCUT2D eigenvalue weighted by atomic mass is 32.2. The van der Waals surface area contributed by atoms with Crippen LogP contribution in [0, 0.1) is 0 Å². The van der Waals surface area contributed by atoms with Crippen molar-refractivity contribution in [1.82, 2.24) is 4.31 Å². The average Bonchev–Trinajstić information content (AvgIpc) is 3.33. The van der Waals surface area contributed by atoms with Gasteiger partial charge in [0, 0.05) is 30.7 Å². The fourth-order valence-electron chi connectivity index (χ4n) is 3.33. The third kappa shape index (κ3) is 2.56. The zero-order valence-corrected chi connectivity index (χ0v) is 14.8. The van der Waals surface area contributed by atoms with E-state index in [1.165, 1.54) is 21.7 Å². The maximum atomic E-state index is 12.8. The molecule has 4 rings (SSSR count). The normalized spacial score (nSPS) is 18.1. The molecule has 0 aliphatic carbocycles. The summed E-state index contributed by atoms with van der Waals surface area (Å²) in [5.74, 6) is -0.118. The van der Waals surface area contributed by atoms with Gasteiger partial charge in [0.05, 0.1) is 9.77 Å². The smallest absolute Gasteiger partial charge is 0.268 e. The van der Waals surface area contributed by atoms with E-state index in [0.29, 0.717) is 24.5 Å². The van der Waals surface area contributed by atoms with Gasteiger partial charge in [-0.1, -0.05) is 18.2 Å². The Morgan fingerprint density at radius 2 is 1.83 bits per heavy atom. The van der Waals surface area contributed by atoms with Crippen molar-refractivity contribution >= 4 is 33.0 Å². The van der Waals surface area contributed by atoms with Crippen LogP contribution in [0.25, 0.3) is 0 Å². The highest BCUT2D eigenvalue weighted by molar-refractivity contribution is 7.89. The molecule has 0 spiro atoms. The molecule has 0 atom stereocenters. The Balaban J connectivity index is 1.60. The molecule has 0 saturated carbocycles. The van der Waals surface area contributed by atoms with Crippen molar-refractivity contribution < 1.29 is 13.2 Å². The van der Waals surface area contributed by atoms with E-state index in [2.05, 4.69) is 0 Å². The van der Waals surface area contributed by atoms with Gasteiger partial charge < -0.3 is 4.90 Å². The van der Waals surface area contributed by atoms with Gasteiger partial charge in [0.2, 0.25) is 10.0 Å². The molecule has 0 N–H and O–H groups in total. The Morgan fingerprint density at radius 1 is 1.08 bits per heavy atom. The van der Waals surface area contributed by atoms with Gasteiger partial charge in [-0.05, 0) is 37.0 Å². The lowest BCUT2D eigenvalue weighted by molar-refractivity contribution is 0.0993. The van der Waals surface area contributed by atoms with Crippen molar-refractivity contribution in [2.24, 2.45) is 0 Å². The lowest BCUT2D eigenvalue weighted by Gasteiger charge is -2.16. The number of benzene rings is 1. The van der Waals surface area contributed by atoms with Crippen LogP contribution in [0.4, 0.5) is 5.69 Å². The van der Waals surface area contributed by atoms with Crippen LogP contribution < -0.4 is 4.90 Å². The van der Waals surface area contributed by atoms with E-state index in [1.54, 1.807) is 10.3 Å². The molecule has 2 aliphatic rings. The molecule has 0 radical (unpaired) electrons. The fraction of sp³-hybridized carbons (Fsp3) is 0.353. The van der Waals surface area contributed by atoms with Crippen LogP contribution >= 0.6 is 11.3 Å². The van der Waals surface area contributed by atoms with Crippen molar-refractivity contribution in [3.63, 3.8) is 0 Å². The minimum atomic E-state index is -3.46. The van der Waals surface area contributed by atoms with Gasteiger partial charge in [0.15, 0.2) is 0 Å². The van der Waals surface area contributed by atoms with Crippen LogP contribution in [-0.4, -0.2) is 38.3 Å². The first-order valence-electron chi connectivity index (χ1n) is 8.06. The van der Waals surface area contributed by atoms with Crippen LogP contribution in [-0.2, 0) is 16.4 Å². The highest BCUT2D eigenvalue weighted by Gasteiger charge is 2.31. The van der Waals surface area contributed by atoms with Crippen molar-refractivity contribution in [3.8, 4) is 0 Å². The van der Waals surface area contributed by atoms with Gasteiger partial charge in [0.25, 0.3) is 5.91 Å². The number of hydrogen-bond donors (Lipinski definition) is 0. The van der Waals surface area contributed by atoms with E-state index in [1.807, 2.05) is 24.3 Å². The number of para-hydroxylation sites is 1. The van der Waals surface area contributed by atoms with E-state index in [0.717, 1.165) is 30.5 Å². The van der Waals surface area contributed by atoms with E-state index in [9.17, 15) is 13.2 Å². The van der Waals surface area contributed by atoms with E-state index >= 15 is 0 Å². The number of fused-ring (bicyclic) bond motifs is 1. The molecule has 1 fully saturated rings. The summed E-state index contributed by atoms with van der Waals surface area (Å²) >= 11 is 1.21. The first kappa shape index (κ1) is 15.8. The number of sulfonamides is 1. The number of hydrogen-bond acceptors (Lipinski definition) is 4. The number of anilines is 1. The summed E-state index contributed by atoms with van der Waals surface area (Å²) < 4.78 is 26.7. The first-order chi connectivity index (χ1) is 11.6. The molecule has 2 aliphatic heterocycles. The molecule has 1 aromatic heterocycles. The zero-order chi connectivity index (χ0) is 16.7. The molecular formula is C17H18N2O3S2. The van der Waals surface area contributed by atoms with Gasteiger partial charge in [-0.25, -0.2) is 8.42 Å². The van der Waals surface area contributed by atoms with Crippen LogP contribution in [0.1, 0.15) is 28.1 Å². The molecular weight excluding hydrogens is 344 g/mol. The standard InChI is InChI=1S/C17H18N2O3S2/c20-17(19-10-7-13-5-1-2-6-15(13)19)16-11-14(12-23-16)24(21,22)18-8-3-4-9-18/h1-2,5-6,11-12H,3-4,7-10H2. The summed E-state index contributed by atoms with van der Waals surface area (Å²) in [4.78, 5) is 15.3. The number of carbonyl (C=O) groups is 1. The molecule has 126 valence electrons. The number of carbonyl (C=O) groups excluding carboxylic acids is 1. The molecule has 2 aromatic rings. The Labute approximate surface area is 145 Å². The maximum Gasteiger partial charge on any atom is 0.268 e. The molecule has 0 bridgehead atoms. The predicted molar refractivity (Wildman–Crippen MR) is 94.1 cm³/mol. The lowest BCUT2D eigenvalue weighted by Crippen LogP contribution is -2.29. The SMILES string of the molecule is O=C(c1cc(S(=O)(=O)N2CCCC2)cs1)N1CCc2ccccc21. The van der Waals surface area contributed by atoms with Gasteiger partial charge in [-0.15, -0.1) is 11.3 Å². The van der Waals surface area contributed by atoms with Gasteiger partial charge in [0.1, 0.15) is 0 Å². The molecule has 7 heteroatoms. The number of rotatable bonds is 3. The van der Waals surface area contributed by atoms with Crippen molar-refractivity contribution in [1.29, 1.82) is 0 Å². The van der Waals surface area contributed by atoms with E-state index < -0.39 is 10.0 Å². The zero-order valence-electron chi connectivity index (χ0n) is 13.1. The van der Waals surface area contributed by atoms with Crippen LogP contribution in [0.3, 0.4) is 0 Å². The molecule has 5 nitrogen and oxygen atoms in total. The average molecular weight is 362 g/mol. The number of nitrogens with zero attached hydrogens (tertiary/aromatic N) is 2. The van der Waals surface area contributed by atoms with Crippen LogP contribution in [0.2, 0.25) is 0 Å². The molecule has 1 amide bonds. The molecule has 1 aromatic carbocycles. The second-order valence-electron chi connectivity index (χ2n) is 6.09. The molecule has 3 heterocycles. The van der Waals surface area contributed by atoms with E-state index in [4.69, 9.17) is 0 Å². The monoisotopic (exact) mass is 362 g/mol. The summed E-state index contributed by atoms with van der Waals surface area (Å²) in [5, 5.41) is 1.59. The second kappa shape index (κ2) is 5.98. The summed E-state index contributed by atoms with van der Waals surface area (Å²) in [5.41, 5.74) is 2.09. The number of amides is 1. The Kier molecular flexibility index (Phi) is 3.94. The largest absolute Gasteiger partial charge is 0.307 e. The van der Waals surface area contributed by atoms with Gasteiger partial charge in [-0.3, -0.25) is 4.79 Å². The highest BCUT2D eigenvalue weighted by Crippen LogP contribution is 2.31. The fourth-order valence-corrected chi connectivity index (χ4v) is 6.05.